The van der Waals surface area contributed by atoms with Gasteiger partial charge in [-0.05, 0) is 23.8 Å². The number of benzene rings is 1. The van der Waals surface area contributed by atoms with Gasteiger partial charge in [-0.2, -0.15) is 0 Å². The molecule has 76 valence electrons. The Labute approximate surface area is 88.5 Å². The zero-order valence-corrected chi connectivity index (χ0v) is 8.26. The highest BCUT2D eigenvalue weighted by molar-refractivity contribution is 5.67. The predicted molar refractivity (Wildman–Crippen MR) is 60.0 cm³/mol. The van der Waals surface area contributed by atoms with Crippen LogP contribution in [-0.4, -0.2) is 5.11 Å². The molecule has 0 unspecified atom stereocenters. The zero-order chi connectivity index (χ0) is 10.5. The van der Waals surface area contributed by atoms with Crippen molar-refractivity contribution >= 4 is 12.2 Å². The summed E-state index contributed by atoms with van der Waals surface area (Å²) in [5.74, 6) is 1.34. The second-order valence-electron chi connectivity index (χ2n) is 3.21. The van der Waals surface area contributed by atoms with Crippen molar-refractivity contribution in [1.82, 2.24) is 0 Å². The monoisotopic (exact) mass is 200 g/mol. The van der Waals surface area contributed by atoms with Crippen LogP contribution in [0.4, 0.5) is 0 Å². The number of aliphatic hydroxyl groups excluding tert-OH is 1. The Bertz CT molecular complexity index is 441. The van der Waals surface area contributed by atoms with E-state index in [9.17, 15) is 0 Å². The van der Waals surface area contributed by atoms with Gasteiger partial charge >= 0.3 is 0 Å². The smallest absolute Gasteiger partial charge is 0.130 e. The molecule has 1 aromatic carbocycles. The van der Waals surface area contributed by atoms with Crippen LogP contribution in [0.1, 0.15) is 17.1 Å². The fourth-order valence-electron chi connectivity index (χ4n) is 1.31. The Kier molecular flexibility index (Phi) is 3.00. The maximum atomic E-state index is 8.82. The Morgan fingerprint density at radius 2 is 1.80 bits per heavy atom. The van der Waals surface area contributed by atoms with E-state index in [1.165, 1.54) is 0 Å². The minimum absolute atomic E-state index is 0.0564. The van der Waals surface area contributed by atoms with Gasteiger partial charge in [-0.25, -0.2) is 0 Å². The Morgan fingerprint density at radius 3 is 2.47 bits per heavy atom. The van der Waals surface area contributed by atoms with E-state index in [0.29, 0.717) is 5.76 Å². The van der Waals surface area contributed by atoms with Gasteiger partial charge in [0.1, 0.15) is 18.1 Å². The van der Waals surface area contributed by atoms with Crippen LogP contribution >= 0.6 is 0 Å². The van der Waals surface area contributed by atoms with E-state index in [1.807, 2.05) is 48.6 Å². The second-order valence-corrected chi connectivity index (χ2v) is 3.21. The van der Waals surface area contributed by atoms with Crippen LogP contribution in [0.3, 0.4) is 0 Å². The number of aliphatic hydroxyl groups is 1. The van der Waals surface area contributed by atoms with Gasteiger partial charge in [-0.15, -0.1) is 0 Å². The molecule has 0 bridgehead atoms. The summed E-state index contributed by atoms with van der Waals surface area (Å²) >= 11 is 0. The van der Waals surface area contributed by atoms with Crippen molar-refractivity contribution < 1.29 is 9.52 Å². The number of furan rings is 1. The molecule has 15 heavy (non-hydrogen) atoms. The van der Waals surface area contributed by atoms with Gasteiger partial charge in [-0.1, -0.05) is 36.4 Å². The third-order valence-electron chi connectivity index (χ3n) is 2.08. The van der Waals surface area contributed by atoms with E-state index in [-0.39, 0.29) is 6.61 Å². The number of hydrogen-bond donors (Lipinski definition) is 1. The van der Waals surface area contributed by atoms with Gasteiger partial charge in [0.15, 0.2) is 0 Å². The highest BCUT2D eigenvalue weighted by Gasteiger charge is 1.96. The molecule has 1 heterocycles. The minimum atomic E-state index is -0.0564. The van der Waals surface area contributed by atoms with E-state index in [0.717, 1.165) is 11.3 Å². The fourth-order valence-corrected chi connectivity index (χ4v) is 1.31. The molecule has 0 amide bonds. The SMILES string of the molecule is OCc1ccc(/C=C/c2ccccc2)o1. The topological polar surface area (TPSA) is 33.4 Å². The van der Waals surface area contributed by atoms with Gasteiger partial charge in [0.05, 0.1) is 0 Å². The third kappa shape index (κ3) is 2.58. The summed E-state index contributed by atoms with van der Waals surface area (Å²) in [6, 6.07) is 13.6. The lowest BCUT2D eigenvalue weighted by atomic mass is 10.2. The van der Waals surface area contributed by atoms with Gasteiger partial charge < -0.3 is 9.52 Å². The first-order valence-electron chi connectivity index (χ1n) is 4.81. The molecule has 0 spiro atoms. The van der Waals surface area contributed by atoms with Crippen molar-refractivity contribution in [3.63, 3.8) is 0 Å². The van der Waals surface area contributed by atoms with E-state index in [2.05, 4.69) is 0 Å². The average Bonchev–Trinajstić information content (AvgIpc) is 2.76. The van der Waals surface area contributed by atoms with E-state index >= 15 is 0 Å². The first kappa shape index (κ1) is 9.74. The summed E-state index contributed by atoms with van der Waals surface area (Å²) in [5.41, 5.74) is 1.12. The highest BCUT2D eigenvalue weighted by atomic mass is 16.4. The largest absolute Gasteiger partial charge is 0.459 e. The van der Waals surface area contributed by atoms with Crippen LogP contribution in [0.15, 0.2) is 46.9 Å². The van der Waals surface area contributed by atoms with Crippen LogP contribution in [0, 0.1) is 0 Å². The molecule has 2 aromatic rings. The normalized spacial score (nSPS) is 11.0. The molecule has 1 aromatic heterocycles. The fraction of sp³-hybridized carbons (Fsp3) is 0.0769. The Hall–Kier alpha value is -1.80. The molecule has 0 atom stereocenters. The molecule has 1 N–H and O–H groups in total. The highest BCUT2D eigenvalue weighted by Crippen LogP contribution is 2.11. The molecule has 0 saturated carbocycles. The van der Waals surface area contributed by atoms with Crippen molar-refractivity contribution in [3.05, 3.63) is 59.5 Å². The summed E-state index contributed by atoms with van der Waals surface area (Å²) in [4.78, 5) is 0. The van der Waals surface area contributed by atoms with Crippen molar-refractivity contribution in [2.24, 2.45) is 0 Å². The quantitative estimate of drug-likeness (QED) is 0.826. The first-order chi connectivity index (χ1) is 7.38. The summed E-state index contributed by atoms with van der Waals surface area (Å²) in [5, 5.41) is 8.82. The molecule has 0 fully saturated rings. The molecule has 0 saturated heterocycles. The summed E-state index contributed by atoms with van der Waals surface area (Å²) in [6.07, 6.45) is 3.86. The number of hydrogen-bond acceptors (Lipinski definition) is 2. The lowest BCUT2D eigenvalue weighted by Gasteiger charge is -1.90. The molecule has 2 heteroatoms. The van der Waals surface area contributed by atoms with Crippen molar-refractivity contribution in [2.45, 2.75) is 6.61 Å². The lowest BCUT2D eigenvalue weighted by molar-refractivity contribution is 0.246. The van der Waals surface area contributed by atoms with Gasteiger partial charge in [0.2, 0.25) is 0 Å². The summed E-state index contributed by atoms with van der Waals surface area (Å²) < 4.78 is 5.32. The lowest BCUT2D eigenvalue weighted by Crippen LogP contribution is -1.73. The standard InChI is InChI=1S/C13H12O2/c14-10-13-9-8-12(15-13)7-6-11-4-2-1-3-5-11/h1-9,14H,10H2/b7-6+. The molecular weight excluding hydrogens is 188 g/mol. The summed E-state index contributed by atoms with van der Waals surface area (Å²) in [6.45, 7) is -0.0564. The third-order valence-corrected chi connectivity index (χ3v) is 2.08. The van der Waals surface area contributed by atoms with Gasteiger partial charge in [0, 0.05) is 0 Å². The Morgan fingerprint density at radius 1 is 1.00 bits per heavy atom. The van der Waals surface area contributed by atoms with Crippen LogP contribution < -0.4 is 0 Å². The predicted octanol–water partition coefficient (Wildman–Crippen LogP) is 2.94. The second kappa shape index (κ2) is 4.62. The summed E-state index contributed by atoms with van der Waals surface area (Å²) in [7, 11) is 0. The molecule has 2 nitrogen and oxygen atoms in total. The van der Waals surface area contributed by atoms with Crippen molar-refractivity contribution in [2.75, 3.05) is 0 Å². The average molecular weight is 200 g/mol. The van der Waals surface area contributed by atoms with Gasteiger partial charge in [-0.3, -0.25) is 0 Å². The molecule has 0 aliphatic heterocycles. The molecular formula is C13H12O2. The maximum Gasteiger partial charge on any atom is 0.130 e. The van der Waals surface area contributed by atoms with Gasteiger partial charge in [0.25, 0.3) is 0 Å². The zero-order valence-electron chi connectivity index (χ0n) is 8.26. The van der Waals surface area contributed by atoms with Crippen LogP contribution in [-0.2, 0) is 6.61 Å². The minimum Gasteiger partial charge on any atom is -0.459 e. The van der Waals surface area contributed by atoms with Crippen molar-refractivity contribution in [1.29, 1.82) is 0 Å². The number of rotatable bonds is 3. The first-order valence-corrected chi connectivity index (χ1v) is 4.81. The molecule has 0 radical (unpaired) electrons. The Balaban J connectivity index is 2.11. The van der Waals surface area contributed by atoms with E-state index < -0.39 is 0 Å². The molecule has 0 aliphatic rings. The van der Waals surface area contributed by atoms with Crippen LogP contribution in [0.5, 0.6) is 0 Å². The molecule has 0 aliphatic carbocycles. The van der Waals surface area contributed by atoms with E-state index in [1.54, 1.807) is 6.07 Å². The van der Waals surface area contributed by atoms with E-state index in [4.69, 9.17) is 9.52 Å². The van der Waals surface area contributed by atoms with Crippen LogP contribution in [0.2, 0.25) is 0 Å². The molecule has 2 rings (SSSR count). The van der Waals surface area contributed by atoms with Crippen molar-refractivity contribution in [3.8, 4) is 0 Å². The van der Waals surface area contributed by atoms with Crippen LogP contribution in [0.25, 0.3) is 12.2 Å². The maximum absolute atomic E-state index is 8.82.